The Labute approximate surface area is 114 Å². The number of methoxy groups -OCH3 is 1. The molecule has 0 radical (unpaired) electrons. The summed E-state index contributed by atoms with van der Waals surface area (Å²) in [4.78, 5) is 14.0. The van der Waals surface area contributed by atoms with Crippen molar-refractivity contribution < 1.29 is 9.53 Å². The molecule has 0 heterocycles. The van der Waals surface area contributed by atoms with Crippen molar-refractivity contribution in [2.45, 2.75) is 25.4 Å². The summed E-state index contributed by atoms with van der Waals surface area (Å²) in [6.45, 7) is 2.51. The number of amides is 1. The maximum atomic E-state index is 11.8. The van der Waals surface area contributed by atoms with E-state index in [0.29, 0.717) is 6.04 Å². The predicted molar refractivity (Wildman–Crippen MR) is 75.1 cm³/mol. The van der Waals surface area contributed by atoms with Crippen molar-refractivity contribution in [1.82, 2.24) is 10.2 Å². The van der Waals surface area contributed by atoms with Crippen LogP contribution in [0.2, 0.25) is 0 Å². The molecule has 1 saturated carbocycles. The lowest BCUT2D eigenvalue weighted by molar-refractivity contribution is 0.0951. The highest BCUT2D eigenvalue weighted by Gasteiger charge is 2.23. The summed E-state index contributed by atoms with van der Waals surface area (Å²) in [6.07, 6.45) is 2.24. The van der Waals surface area contributed by atoms with Crippen molar-refractivity contribution in [2.75, 3.05) is 27.3 Å². The summed E-state index contributed by atoms with van der Waals surface area (Å²) in [6, 6.07) is 8.25. The van der Waals surface area contributed by atoms with Crippen molar-refractivity contribution in [2.24, 2.45) is 0 Å². The molecule has 1 aromatic carbocycles. The SMILES string of the molecule is COCCN(C)Cc1ccc(C(=O)NC2CC2)cc1. The van der Waals surface area contributed by atoms with Gasteiger partial charge in [0.05, 0.1) is 6.61 Å². The number of carbonyl (C=O) groups excluding carboxylic acids is 1. The van der Waals surface area contributed by atoms with Crippen molar-refractivity contribution in [3.05, 3.63) is 35.4 Å². The second-order valence-corrected chi connectivity index (χ2v) is 5.18. The van der Waals surface area contributed by atoms with Gasteiger partial charge in [-0.3, -0.25) is 9.69 Å². The standard InChI is InChI=1S/C15H22N2O2/c1-17(9-10-19-2)11-12-3-5-13(6-4-12)15(18)16-14-7-8-14/h3-6,14H,7-11H2,1-2H3,(H,16,18). The third-order valence-corrected chi connectivity index (χ3v) is 3.26. The van der Waals surface area contributed by atoms with E-state index < -0.39 is 0 Å². The van der Waals surface area contributed by atoms with Crippen LogP contribution in [-0.2, 0) is 11.3 Å². The van der Waals surface area contributed by atoms with Crippen molar-refractivity contribution in [3.63, 3.8) is 0 Å². The first-order chi connectivity index (χ1) is 9.19. The van der Waals surface area contributed by atoms with Gasteiger partial charge in [-0.2, -0.15) is 0 Å². The summed E-state index contributed by atoms with van der Waals surface area (Å²) in [7, 11) is 3.77. The van der Waals surface area contributed by atoms with Crippen LogP contribution in [0.4, 0.5) is 0 Å². The van der Waals surface area contributed by atoms with E-state index in [2.05, 4.69) is 17.3 Å². The first-order valence-corrected chi connectivity index (χ1v) is 6.76. The van der Waals surface area contributed by atoms with E-state index in [9.17, 15) is 4.79 Å². The van der Waals surface area contributed by atoms with Crippen molar-refractivity contribution >= 4 is 5.91 Å². The summed E-state index contributed by atoms with van der Waals surface area (Å²) in [5.41, 5.74) is 1.96. The Kier molecular flexibility index (Phi) is 4.93. The Balaban J connectivity index is 1.84. The van der Waals surface area contributed by atoms with Gasteiger partial charge in [-0.25, -0.2) is 0 Å². The van der Waals surface area contributed by atoms with Crippen LogP contribution in [0.5, 0.6) is 0 Å². The highest BCUT2D eigenvalue weighted by molar-refractivity contribution is 5.94. The van der Waals surface area contributed by atoms with E-state index in [1.807, 2.05) is 24.3 Å². The fourth-order valence-corrected chi connectivity index (χ4v) is 1.90. The zero-order valence-electron chi connectivity index (χ0n) is 11.7. The lowest BCUT2D eigenvalue weighted by Gasteiger charge is -2.16. The second kappa shape index (κ2) is 6.68. The molecule has 1 fully saturated rings. The van der Waals surface area contributed by atoms with Gasteiger partial charge in [0.25, 0.3) is 5.91 Å². The number of nitrogens with one attached hydrogen (secondary N) is 1. The summed E-state index contributed by atoms with van der Waals surface area (Å²) in [5.74, 6) is 0.0433. The van der Waals surface area contributed by atoms with Crippen LogP contribution in [0.25, 0.3) is 0 Å². The smallest absolute Gasteiger partial charge is 0.251 e. The number of carbonyl (C=O) groups is 1. The fraction of sp³-hybridized carbons (Fsp3) is 0.533. The third kappa shape index (κ3) is 4.65. The molecule has 2 rings (SSSR count). The molecule has 0 atom stereocenters. The van der Waals surface area contributed by atoms with Crippen molar-refractivity contribution in [3.8, 4) is 0 Å². The minimum atomic E-state index is 0.0433. The number of ether oxygens (including phenoxy) is 1. The molecule has 0 unspecified atom stereocenters. The molecule has 0 aliphatic heterocycles. The Morgan fingerprint density at radius 2 is 2.05 bits per heavy atom. The Bertz CT molecular complexity index is 413. The highest BCUT2D eigenvalue weighted by Crippen LogP contribution is 2.19. The molecule has 0 spiro atoms. The highest BCUT2D eigenvalue weighted by atomic mass is 16.5. The van der Waals surface area contributed by atoms with Crippen LogP contribution in [0.1, 0.15) is 28.8 Å². The van der Waals surface area contributed by atoms with E-state index in [1.165, 1.54) is 5.56 Å². The molecule has 4 heteroatoms. The quantitative estimate of drug-likeness (QED) is 0.812. The van der Waals surface area contributed by atoms with Gasteiger partial charge < -0.3 is 10.1 Å². The number of rotatable bonds is 7. The average Bonchev–Trinajstić information content (AvgIpc) is 3.21. The maximum absolute atomic E-state index is 11.8. The minimum Gasteiger partial charge on any atom is -0.383 e. The third-order valence-electron chi connectivity index (χ3n) is 3.26. The van der Waals surface area contributed by atoms with E-state index in [0.717, 1.165) is 38.1 Å². The fourth-order valence-electron chi connectivity index (χ4n) is 1.90. The van der Waals surface area contributed by atoms with Gasteiger partial charge in [0.1, 0.15) is 0 Å². The van der Waals surface area contributed by atoms with Gasteiger partial charge >= 0.3 is 0 Å². The van der Waals surface area contributed by atoms with Gasteiger partial charge in [-0.15, -0.1) is 0 Å². The van der Waals surface area contributed by atoms with Gasteiger partial charge in [0, 0.05) is 31.8 Å². The molecule has 0 aromatic heterocycles. The lowest BCUT2D eigenvalue weighted by atomic mass is 10.1. The predicted octanol–water partition coefficient (Wildman–Crippen LogP) is 1.66. The van der Waals surface area contributed by atoms with Crippen LogP contribution in [-0.4, -0.2) is 44.2 Å². The second-order valence-electron chi connectivity index (χ2n) is 5.18. The molecule has 1 amide bonds. The largest absolute Gasteiger partial charge is 0.383 e. The first kappa shape index (κ1) is 14.0. The van der Waals surface area contributed by atoms with Crippen LogP contribution in [0.3, 0.4) is 0 Å². The van der Waals surface area contributed by atoms with Gasteiger partial charge in [-0.05, 0) is 37.6 Å². The monoisotopic (exact) mass is 262 g/mol. The zero-order chi connectivity index (χ0) is 13.7. The van der Waals surface area contributed by atoms with Gasteiger partial charge in [-0.1, -0.05) is 12.1 Å². The number of likely N-dealkylation sites (N-methyl/N-ethyl adjacent to an activating group) is 1. The van der Waals surface area contributed by atoms with Crippen LogP contribution < -0.4 is 5.32 Å². The van der Waals surface area contributed by atoms with E-state index in [4.69, 9.17) is 4.74 Å². The molecule has 1 aromatic rings. The van der Waals surface area contributed by atoms with E-state index in [-0.39, 0.29) is 5.91 Å². The molecule has 4 nitrogen and oxygen atoms in total. The number of hydrogen-bond acceptors (Lipinski definition) is 3. The summed E-state index contributed by atoms with van der Waals surface area (Å²) in [5, 5.41) is 2.99. The molecule has 1 aliphatic rings. The molecule has 104 valence electrons. The molecular formula is C15H22N2O2. The minimum absolute atomic E-state index is 0.0433. The van der Waals surface area contributed by atoms with Crippen LogP contribution in [0.15, 0.2) is 24.3 Å². The summed E-state index contributed by atoms with van der Waals surface area (Å²) >= 11 is 0. The Morgan fingerprint density at radius 1 is 1.37 bits per heavy atom. The summed E-state index contributed by atoms with van der Waals surface area (Å²) < 4.78 is 5.05. The topological polar surface area (TPSA) is 41.6 Å². The number of hydrogen-bond donors (Lipinski definition) is 1. The van der Waals surface area contributed by atoms with Gasteiger partial charge in [0.2, 0.25) is 0 Å². The van der Waals surface area contributed by atoms with Crippen molar-refractivity contribution in [1.29, 1.82) is 0 Å². The number of nitrogens with zero attached hydrogens (tertiary/aromatic N) is 1. The average molecular weight is 262 g/mol. The normalized spacial score (nSPS) is 14.7. The van der Waals surface area contributed by atoms with Gasteiger partial charge in [0.15, 0.2) is 0 Å². The molecule has 0 bridgehead atoms. The Hall–Kier alpha value is -1.39. The van der Waals surface area contributed by atoms with E-state index in [1.54, 1.807) is 7.11 Å². The molecule has 1 N–H and O–H groups in total. The zero-order valence-corrected chi connectivity index (χ0v) is 11.7. The van der Waals surface area contributed by atoms with Crippen LogP contribution in [0, 0.1) is 0 Å². The molecule has 19 heavy (non-hydrogen) atoms. The Morgan fingerprint density at radius 3 is 2.63 bits per heavy atom. The maximum Gasteiger partial charge on any atom is 0.251 e. The van der Waals surface area contributed by atoms with Crippen LogP contribution >= 0.6 is 0 Å². The first-order valence-electron chi connectivity index (χ1n) is 6.76. The number of benzene rings is 1. The molecular weight excluding hydrogens is 240 g/mol. The lowest BCUT2D eigenvalue weighted by Crippen LogP contribution is -2.25. The molecule has 0 saturated heterocycles. The van der Waals surface area contributed by atoms with E-state index >= 15 is 0 Å². The molecule has 1 aliphatic carbocycles.